The number of nitrogens with zero attached hydrogens (tertiary/aromatic N) is 2. The van der Waals surface area contributed by atoms with Crippen LogP contribution < -0.4 is 15.3 Å². The van der Waals surface area contributed by atoms with Crippen LogP contribution in [0.15, 0.2) is 53.6 Å². The second kappa shape index (κ2) is 12.6. The number of hydrogen-bond donors (Lipinski definition) is 2. The van der Waals surface area contributed by atoms with Crippen LogP contribution in [0, 0.1) is 5.92 Å². The van der Waals surface area contributed by atoms with E-state index in [1.807, 2.05) is 48.5 Å². The fraction of sp³-hybridized carbons (Fsp3) is 0.364. The lowest BCUT2D eigenvalue weighted by Crippen LogP contribution is -2.34. The third-order valence-corrected chi connectivity index (χ3v) is 4.89. The molecular formula is C22H28ClN3O4. The Morgan fingerprint density at radius 2 is 1.83 bits per heavy atom. The first-order chi connectivity index (χ1) is 14.5. The van der Waals surface area contributed by atoms with Crippen molar-refractivity contribution >= 4 is 23.9 Å². The van der Waals surface area contributed by atoms with Gasteiger partial charge >= 0.3 is 0 Å². The van der Waals surface area contributed by atoms with Gasteiger partial charge in [-0.2, -0.15) is 5.10 Å². The molecule has 0 spiro atoms. The van der Waals surface area contributed by atoms with Crippen LogP contribution in [0.3, 0.4) is 0 Å². The molecule has 2 aromatic carbocycles. The number of ether oxygens (including phenoxy) is 2. The first-order valence-electron chi connectivity index (χ1n) is 9.74. The molecule has 3 rings (SSSR count). The number of benzene rings is 2. The van der Waals surface area contributed by atoms with Gasteiger partial charge in [0.05, 0.1) is 6.61 Å². The highest BCUT2D eigenvalue weighted by Crippen LogP contribution is 2.24. The van der Waals surface area contributed by atoms with Crippen molar-refractivity contribution in [3.05, 3.63) is 59.1 Å². The van der Waals surface area contributed by atoms with Gasteiger partial charge < -0.3 is 25.3 Å². The van der Waals surface area contributed by atoms with Crippen LogP contribution in [0.1, 0.15) is 25.3 Å². The predicted molar refractivity (Wildman–Crippen MR) is 118 cm³/mol. The summed E-state index contributed by atoms with van der Waals surface area (Å²) >= 11 is 6.16. The highest BCUT2D eigenvalue weighted by atomic mass is 35.5. The number of aliphatic carboxylic acids is 1. The molecule has 8 heteroatoms. The molecule has 1 aliphatic rings. The molecule has 0 saturated carbocycles. The van der Waals surface area contributed by atoms with Crippen molar-refractivity contribution in [2.24, 2.45) is 16.9 Å². The number of carboxylic acid groups (broad SMARTS) is 1. The van der Waals surface area contributed by atoms with Crippen molar-refractivity contribution in [2.75, 3.05) is 19.7 Å². The summed E-state index contributed by atoms with van der Waals surface area (Å²) in [5.74, 6) is 6.51. The monoisotopic (exact) mass is 433 g/mol. The van der Waals surface area contributed by atoms with E-state index in [-0.39, 0.29) is 0 Å². The summed E-state index contributed by atoms with van der Waals surface area (Å²) in [6.45, 7) is 4.16. The van der Waals surface area contributed by atoms with E-state index >= 15 is 0 Å². The SMILES string of the molecule is CC(=O)O.N/N=C\N1CCC(COc2cccc(OCc3ccccc3Cl)c2)CC1. The minimum atomic E-state index is -0.833. The number of hydrogen-bond acceptors (Lipinski definition) is 5. The maximum absolute atomic E-state index is 9.00. The van der Waals surface area contributed by atoms with Crippen LogP contribution in [0.2, 0.25) is 5.02 Å². The van der Waals surface area contributed by atoms with E-state index < -0.39 is 5.97 Å². The maximum atomic E-state index is 9.00. The molecule has 3 N–H and O–H groups in total. The lowest BCUT2D eigenvalue weighted by Gasteiger charge is -2.30. The summed E-state index contributed by atoms with van der Waals surface area (Å²) < 4.78 is 11.8. The van der Waals surface area contributed by atoms with Crippen LogP contribution in [0.4, 0.5) is 0 Å². The summed E-state index contributed by atoms with van der Waals surface area (Å²) in [7, 11) is 0. The van der Waals surface area contributed by atoms with Gasteiger partial charge in [-0.25, -0.2) is 0 Å². The first kappa shape index (κ1) is 23.3. The molecule has 1 fully saturated rings. The average molecular weight is 434 g/mol. The summed E-state index contributed by atoms with van der Waals surface area (Å²) in [5, 5.41) is 11.7. The number of halogens is 1. The molecule has 0 amide bonds. The first-order valence-corrected chi connectivity index (χ1v) is 10.1. The van der Waals surface area contributed by atoms with E-state index in [2.05, 4.69) is 10.0 Å². The van der Waals surface area contributed by atoms with Crippen LogP contribution in [0.25, 0.3) is 0 Å². The Morgan fingerprint density at radius 3 is 2.47 bits per heavy atom. The Morgan fingerprint density at radius 1 is 1.20 bits per heavy atom. The van der Waals surface area contributed by atoms with Gasteiger partial charge in [0.2, 0.25) is 0 Å². The highest BCUT2D eigenvalue weighted by molar-refractivity contribution is 6.31. The lowest BCUT2D eigenvalue weighted by molar-refractivity contribution is -0.134. The molecule has 0 aliphatic carbocycles. The number of likely N-dealkylation sites (tertiary alicyclic amines) is 1. The van der Waals surface area contributed by atoms with E-state index in [1.165, 1.54) is 0 Å². The minimum absolute atomic E-state index is 0.435. The standard InChI is InChI=1S/C20H24ClN3O2.C2H4O2/c21-20-7-2-1-4-17(20)14-26-19-6-3-5-18(12-19)25-13-16-8-10-24(11-9-16)15-23-22;1-2(3)4/h1-7,12,15-16H,8-11,13-14,22H2;1H3,(H,3,4)/b23-15-;. The zero-order valence-electron chi connectivity index (χ0n) is 17.0. The zero-order valence-corrected chi connectivity index (χ0v) is 17.8. The van der Waals surface area contributed by atoms with Crippen molar-refractivity contribution < 1.29 is 19.4 Å². The van der Waals surface area contributed by atoms with Crippen molar-refractivity contribution in [1.82, 2.24) is 4.90 Å². The van der Waals surface area contributed by atoms with E-state index in [0.717, 1.165) is 49.9 Å². The molecule has 0 atom stereocenters. The fourth-order valence-corrected chi connectivity index (χ4v) is 3.16. The van der Waals surface area contributed by atoms with Crippen LogP contribution in [-0.2, 0) is 11.4 Å². The third kappa shape index (κ3) is 8.61. The van der Waals surface area contributed by atoms with Gasteiger partial charge in [0.15, 0.2) is 0 Å². The van der Waals surface area contributed by atoms with Gasteiger partial charge in [-0.3, -0.25) is 4.79 Å². The van der Waals surface area contributed by atoms with Gasteiger partial charge in [0, 0.05) is 36.7 Å². The molecule has 0 radical (unpaired) electrons. The minimum Gasteiger partial charge on any atom is -0.493 e. The van der Waals surface area contributed by atoms with Crippen molar-refractivity contribution in [3.63, 3.8) is 0 Å². The van der Waals surface area contributed by atoms with E-state index in [4.69, 9.17) is 36.8 Å². The Hall–Kier alpha value is -2.93. The lowest BCUT2D eigenvalue weighted by atomic mass is 9.98. The van der Waals surface area contributed by atoms with Gasteiger partial charge in [0.1, 0.15) is 24.4 Å². The van der Waals surface area contributed by atoms with Crippen LogP contribution in [-0.4, -0.2) is 42.0 Å². The molecule has 1 saturated heterocycles. The number of piperidine rings is 1. The highest BCUT2D eigenvalue weighted by Gasteiger charge is 2.18. The average Bonchev–Trinajstić information content (AvgIpc) is 2.73. The Balaban J connectivity index is 0.000000735. The molecule has 0 bridgehead atoms. The van der Waals surface area contributed by atoms with E-state index in [9.17, 15) is 0 Å². The second-order valence-corrected chi connectivity index (χ2v) is 7.34. The molecule has 7 nitrogen and oxygen atoms in total. The summed E-state index contributed by atoms with van der Waals surface area (Å²) in [4.78, 5) is 11.1. The van der Waals surface area contributed by atoms with Gasteiger partial charge in [-0.1, -0.05) is 35.9 Å². The van der Waals surface area contributed by atoms with E-state index in [0.29, 0.717) is 24.2 Å². The molecule has 1 aliphatic heterocycles. The fourth-order valence-electron chi connectivity index (χ4n) is 2.97. The van der Waals surface area contributed by atoms with E-state index in [1.54, 1.807) is 6.34 Å². The molecule has 1 heterocycles. The zero-order chi connectivity index (χ0) is 21.8. The Bertz CT molecular complexity index is 820. The largest absolute Gasteiger partial charge is 0.493 e. The predicted octanol–water partition coefficient (Wildman–Crippen LogP) is 4.00. The number of carbonyl (C=O) groups is 1. The van der Waals surface area contributed by atoms with Gasteiger partial charge in [0.25, 0.3) is 5.97 Å². The summed E-state index contributed by atoms with van der Waals surface area (Å²) in [6.07, 6.45) is 3.86. The van der Waals surface area contributed by atoms with Crippen LogP contribution in [0.5, 0.6) is 11.5 Å². The van der Waals surface area contributed by atoms with Gasteiger partial charge in [-0.15, -0.1) is 0 Å². The normalized spacial score (nSPS) is 14.1. The number of rotatable bonds is 7. The molecule has 162 valence electrons. The van der Waals surface area contributed by atoms with Crippen molar-refractivity contribution in [3.8, 4) is 11.5 Å². The molecule has 0 unspecified atom stereocenters. The maximum Gasteiger partial charge on any atom is 0.300 e. The number of hydrazone groups is 1. The quantitative estimate of drug-likeness (QED) is 0.296. The molecule has 30 heavy (non-hydrogen) atoms. The Labute approximate surface area is 182 Å². The molecular weight excluding hydrogens is 406 g/mol. The molecule has 2 aromatic rings. The van der Waals surface area contributed by atoms with Gasteiger partial charge in [-0.05, 0) is 37.0 Å². The second-order valence-electron chi connectivity index (χ2n) is 6.93. The number of nitrogens with two attached hydrogens (primary N) is 1. The van der Waals surface area contributed by atoms with Crippen molar-refractivity contribution in [2.45, 2.75) is 26.4 Å². The third-order valence-electron chi connectivity index (χ3n) is 4.52. The topological polar surface area (TPSA) is 97.4 Å². The summed E-state index contributed by atoms with van der Waals surface area (Å²) in [6, 6.07) is 15.4. The smallest absolute Gasteiger partial charge is 0.300 e. The Kier molecular flexibility index (Phi) is 9.80. The number of carboxylic acids is 1. The summed E-state index contributed by atoms with van der Waals surface area (Å²) in [5.41, 5.74) is 0.966. The van der Waals surface area contributed by atoms with Crippen LogP contribution >= 0.6 is 11.6 Å². The molecule has 0 aromatic heterocycles. The van der Waals surface area contributed by atoms with Crippen molar-refractivity contribution in [1.29, 1.82) is 0 Å².